The molecule has 126 valence electrons. The number of hydrogen-bond acceptors (Lipinski definition) is 4. The van der Waals surface area contributed by atoms with Gasteiger partial charge in [0.15, 0.2) is 0 Å². The summed E-state index contributed by atoms with van der Waals surface area (Å²) < 4.78 is 3.98. The van der Waals surface area contributed by atoms with Gasteiger partial charge in [-0.3, -0.25) is 9.25 Å². The van der Waals surface area contributed by atoms with Gasteiger partial charge in [0.1, 0.15) is 5.82 Å². The quantitative estimate of drug-likeness (QED) is 0.757. The molecule has 0 amide bonds. The Kier molecular flexibility index (Phi) is 4.66. The number of likely N-dealkylation sites (N-methyl/N-ethyl adjacent to an activating group) is 1. The van der Waals surface area contributed by atoms with Gasteiger partial charge in [0.05, 0.1) is 18.5 Å². The van der Waals surface area contributed by atoms with Gasteiger partial charge in [-0.05, 0) is 38.1 Å². The van der Waals surface area contributed by atoms with E-state index in [0.717, 1.165) is 22.8 Å². The lowest BCUT2D eigenvalue weighted by molar-refractivity contribution is 0.304. The minimum absolute atomic E-state index is 0.141. The number of nitrogens with zero attached hydrogens (tertiary/aromatic N) is 5. The summed E-state index contributed by atoms with van der Waals surface area (Å²) in [6.45, 7) is 4.96. The first-order valence-electron chi connectivity index (χ1n) is 8.10. The zero-order valence-corrected chi connectivity index (χ0v) is 14.3. The van der Waals surface area contributed by atoms with Gasteiger partial charge in [-0.25, -0.2) is 4.98 Å². The largest absolute Gasteiger partial charge is 0.395 e. The third-order valence-corrected chi connectivity index (χ3v) is 4.04. The molecule has 6 heteroatoms. The summed E-state index contributed by atoms with van der Waals surface area (Å²) >= 11 is 0. The molecule has 3 aromatic rings. The molecule has 0 aliphatic heterocycles. The van der Waals surface area contributed by atoms with Crippen molar-refractivity contribution < 1.29 is 5.11 Å². The maximum absolute atomic E-state index is 9.04. The van der Waals surface area contributed by atoms with Gasteiger partial charge < -0.3 is 10.0 Å². The van der Waals surface area contributed by atoms with Gasteiger partial charge in [0.25, 0.3) is 0 Å². The second-order valence-electron chi connectivity index (χ2n) is 6.09. The number of benzene rings is 1. The van der Waals surface area contributed by atoms with Crippen LogP contribution in [0.1, 0.15) is 19.9 Å². The zero-order chi connectivity index (χ0) is 17.1. The second-order valence-corrected chi connectivity index (χ2v) is 6.09. The summed E-state index contributed by atoms with van der Waals surface area (Å²) in [6.07, 6.45) is 7.63. The fourth-order valence-corrected chi connectivity index (χ4v) is 2.60. The molecule has 1 aromatic carbocycles. The van der Waals surface area contributed by atoms with Crippen LogP contribution in [0.4, 0.5) is 5.69 Å². The molecule has 1 N–H and O–H groups in total. The van der Waals surface area contributed by atoms with Crippen LogP contribution in [-0.4, -0.2) is 44.6 Å². The standard InChI is InChI=1S/C18H23N5O/c1-14(2)23-13-17(12-20-23)22-9-8-19-18(22)15-4-6-16(7-5-15)21(3)10-11-24/h4-9,12-14,24H,10-11H2,1-3H3. The maximum atomic E-state index is 9.04. The molecule has 0 unspecified atom stereocenters. The van der Waals surface area contributed by atoms with Crippen molar-refractivity contribution in [2.75, 3.05) is 25.1 Å². The van der Waals surface area contributed by atoms with Crippen molar-refractivity contribution in [1.82, 2.24) is 19.3 Å². The SMILES string of the molecule is CC(C)n1cc(-n2ccnc2-c2ccc(N(C)CCO)cc2)cn1. The lowest BCUT2D eigenvalue weighted by Crippen LogP contribution is -2.20. The van der Waals surface area contributed by atoms with E-state index < -0.39 is 0 Å². The van der Waals surface area contributed by atoms with Crippen molar-refractivity contribution in [3.05, 3.63) is 49.1 Å². The van der Waals surface area contributed by atoms with Crippen LogP contribution in [0.5, 0.6) is 0 Å². The highest BCUT2D eigenvalue weighted by Gasteiger charge is 2.11. The number of aliphatic hydroxyl groups excluding tert-OH is 1. The summed E-state index contributed by atoms with van der Waals surface area (Å²) in [5, 5.41) is 13.4. The Morgan fingerprint density at radius 3 is 2.58 bits per heavy atom. The Bertz CT molecular complexity index is 788. The summed E-state index contributed by atoms with van der Waals surface area (Å²) in [5.41, 5.74) is 3.11. The molecular formula is C18H23N5O. The van der Waals surface area contributed by atoms with E-state index in [0.29, 0.717) is 12.6 Å². The molecule has 3 rings (SSSR count). The van der Waals surface area contributed by atoms with E-state index in [4.69, 9.17) is 5.11 Å². The van der Waals surface area contributed by atoms with Crippen LogP contribution < -0.4 is 4.90 Å². The fourth-order valence-electron chi connectivity index (χ4n) is 2.60. The van der Waals surface area contributed by atoms with Gasteiger partial charge >= 0.3 is 0 Å². The van der Waals surface area contributed by atoms with Crippen LogP contribution >= 0.6 is 0 Å². The van der Waals surface area contributed by atoms with E-state index >= 15 is 0 Å². The number of aromatic nitrogens is 4. The molecule has 0 saturated carbocycles. The Morgan fingerprint density at radius 1 is 1.21 bits per heavy atom. The normalized spacial score (nSPS) is 11.2. The van der Waals surface area contributed by atoms with Crippen LogP contribution in [0.2, 0.25) is 0 Å². The van der Waals surface area contributed by atoms with E-state index in [2.05, 4.69) is 36.1 Å². The number of hydrogen-bond donors (Lipinski definition) is 1. The molecule has 2 aromatic heterocycles. The molecular weight excluding hydrogens is 302 g/mol. The predicted octanol–water partition coefficient (Wildman–Crippen LogP) is 2.75. The average molecular weight is 325 g/mol. The molecule has 0 aliphatic carbocycles. The monoisotopic (exact) mass is 325 g/mol. The first kappa shape index (κ1) is 16.3. The Hall–Kier alpha value is -2.60. The second kappa shape index (κ2) is 6.88. The van der Waals surface area contributed by atoms with Crippen molar-refractivity contribution in [3.8, 4) is 17.1 Å². The summed E-state index contributed by atoms with van der Waals surface area (Å²) in [5.74, 6) is 0.884. The van der Waals surface area contributed by atoms with E-state index in [1.807, 2.05) is 51.9 Å². The molecule has 0 fully saturated rings. The molecule has 24 heavy (non-hydrogen) atoms. The van der Waals surface area contributed by atoms with Crippen LogP contribution in [0, 0.1) is 0 Å². The lowest BCUT2D eigenvalue weighted by Gasteiger charge is -2.18. The highest BCUT2D eigenvalue weighted by molar-refractivity contribution is 5.62. The predicted molar refractivity (Wildman–Crippen MR) is 95.5 cm³/mol. The molecule has 6 nitrogen and oxygen atoms in total. The molecule has 0 aliphatic rings. The van der Waals surface area contributed by atoms with Crippen molar-refractivity contribution >= 4 is 5.69 Å². The molecule has 2 heterocycles. The zero-order valence-electron chi connectivity index (χ0n) is 14.3. The lowest BCUT2D eigenvalue weighted by atomic mass is 10.2. The van der Waals surface area contributed by atoms with Gasteiger partial charge in [-0.2, -0.15) is 5.10 Å². The van der Waals surface area contributed by atoms with Crippen LogP contribution in [-0.2, 0) is 0 Å². The van der Waals surface area contributed by atoms with Crippen LogP contribution in [0.25, 0.3) is 17.1 Å². The Balaban J connectivity index is 1.89. The topological polar surface area (TPSA) is 59.1 Å². The number of rotatable bonds is 6. The fraction of sp³-hybridized carbons (Fsp3) is 0.333. The van der Waals surface area contributed by atoms with Crippen LogP contribution in [0.3, 0.4) is 0 Å². The van der Waals surface area contributed by atoms with Gasteiger partial charge in [0, 0.05) is 49.5 Å². The third-order valence-electron chi connectivity index (χ3n) is 4.04. The number of aliphatic hydroxyl groups is 1. The highest BCUT2D eigenvalue weighted by atomic mass is 16.3. The summed E-state index contributed by atoms with van der Waals surface area (Å²) in [4.78, 5) is 6.52. The smallest absolute Gasteiger partial charge is 0.144 e. The average Bonchev–Trinajstić information content (AvgIpc) is 3.24. The molecule has 0 saturated heterocycles. The molecule has 0 spiro atoms. The minimum Gasteiger partial charge on any atom is -0.395 e. The first-order valence-corrected chi connectivity index (χ1v) is 8.10. The highest BCUT2D eigenvalue weighted by Crippen LogP contribution is 2.24. The maximum Gasteiger partial charge on any atom is 0.144 e. The van der Waals surface area contributed by atoms with E-state index in [1.54, 1.807) is 6.20 Å². The Morgan fingerprint density at radius 2 is 1.96 bits per heavy atom. The number of imidazole rings is 1. The minimum atomic E-state index is 0.141. The van der Waals surface area contributed by atoms with E-state index in [-0.39, 0.29) is 6.61 Å². The molecule has 0 radical (unpaired) electrons. The summed E-state index contributed by atoms with van der Waals surface area (Å²) in [6, 6.07) is 8.51. The van der Waals surface area contributed by atoms with Crippen molar-refractivity contribution in [3.63, 3.8) is 0 Å². The van der Waals surface area contributed by atoms with Crippen molar-refractivity contribution in [1.29, 1.82) is 0 Å². The van der Waals surface area contributed by atoms with E-state index in [1.165, 1.54) is 0 Å². The van der Waals surface area contributed by atoms with Gasteiger partial charge in [-0.15, -0.1) is 0 Å². The van der Waals surface area contributed by atoms with E-state index in [9.17, 15) is 0 Å². The number of anilines is 1. The molecule has 0 atom stereocenters. The van der Waals surface area contributed by atoms with Crippen molar-refractivity contribution in [2.24, 2.45) is 0 Å². The van der Waals surface area contributed by atoms with Gasteiger partial charge in [-0.1, -0.05) is 0 Å². The first-order chi connectivity index (χ1) is 11.6. The summed E-state index contributed by atoms with van der Waals surface area (Å²) in [7, 11) is 1.96. The molecule has 0 bridgehead atoms. The van der Waals surface area contributed by atoms with Crippen LogP contribution in [0.15, 0.2) is 49.1 Å². The van der Waals surface area contributed by atoms with Gasteiger partial charge in [0.2, 0.25) is 0 Å². The van der Waals surface area contributed by atoms with Crippen molar-refractivity contribution in [2.45, 2.75) is 19.9 Å². The third kappa shape index (κ3) is 3.19. The Labute approximate surface area is 142 Å².